The van der Waals surface area contributed by atoms with Crippen molar-refractivity contribution in [2.75, 3.05) is 6.54 Å². The second-order valence-electron chi connectivity index (χ2n) is 7.76. The van der Waals surface area contributed by atoms with Gasteiger partial charge in [0.2, 0.25) is 0 Å². The van der Waals surface area contributed by atoms with Crippen molar-refractivity contribution in [3.05, 3.63) is 87.4 Å². The molecule has 1 amide bonds. The van der Waals surface area contributed by atoms with Crippen molar-refractivity contribution in [3.8, 4) is 0 Å². The van der Waals surface area contributed by atoms with Crippen LogP contribution in [0.3, 0.4) is 0 Å². The zero-order valence-electron chi connectivity index (χ0n) is 18.5. The molecule has 0 aliphatic rings. The first-order valence-corrected chi connectivity index (χ1v) is 11.4. The molecule has 5 nitrogen and oxygen atoms in total. The van der Waals surface area contributed by atoms with E-state index in [1.54, 1.807) is 27.7 Å². The molecule has 4 aromatic rings. The van der Waals surface area contributed by atoms with Crippen LogP contribution in [0.25, 0.3) is 21.7 Å². The minimum Gasteiger partial charge on any atom is -0.329 e. The summed E-state index contributed by atoms with van der Waals surface area (Å²) in [6.45, 7) is 6.85. The number of nitrogens with zero attached hydrogens (tertiary/aromatic N) is 3. The van der Waals surface area contributed by atoms with Crippen molar-refractivity contribution in [1.29, 1.82) is 0 Å². The van der Waals surface area contributed by atoms with Crippen LogP contribution >= 0.6 is 11.6 Å². The SMILES string of the molecule is CCC(c1nc2cc(Cl)ccc2c(=O)n1CC)N(CC)C(=O)c1ccc2ccccc2c1. The molecule has 1 atom stereocenters. The first-order valence-electron chi connectivity index (χ1n) is 11.0. The molecular weight excluding hydrogens is 422 g/mol. The van der Waals surface area contributed by atoms with Crippen LogP contribution in [-0.2, 0) is 6.54 Å². The molecule has 4 rings (SSSR count). The molecule has 1 unspecified atom stereocenters. The molecule has 0 N–H and O–H groups in total. The smallest absolute Gasteiger partial charge is 0.261 e. The molecule has 1 heterocycles. The van der Waals surface area contributed by atoms with Gasteiger partial charge in [-0.05, 0) is 61.4 Å². The number of hydrogen-bond donors (Lipinski definition) is 0. The minimum absolute atomic E-state index is 0.0757. The van der Waals surface area contributed by atoms with Crippen LogP contribution in [0.2, 0.25) is 5.02 Å². The molecule has 6 heteroatoms. The Morgan fingerprint density at radius 3 is 2.47 bits per heavy atom. The number of aromatic nitrogens is 2. The summed E-state index contributed by atoms with van der Waals surface area (Å²) >= 11 is 6.17. The highest BCUT2D eigenvalue weighted by Crippen LogP contribution is 2.27. The van der Waals surface area contributed by atoms with Crippen LogP contribution in [0.4, 0.5) is 0 Å². The molecule has 1 aromatic heterocycles. The predicted octanol–water partition coefficient (Wildman–Crippen LogP) is 5.84. The second kappa shape index (κ2) is 9.13. The molecule has 3 aromatic carbocycles. The molecule has 32 heavy (non-hydrogen) atoms. The number of amides is 1. The lowest BCUT2D eigenvalue weighted by Crippen LogP contribution is -2.38. The molecule has 164 valence electrons. The number of halogens is 1. The Labute approximate surface area is 192 Å². The second-order valence-corrected chi connectivity index (χ2v) is 8.19. The largest absolute Gasteiger partial charge is 0.329 e. The van der Waals surface area contributed by atoms with Gasteiger partial charge in [-0.25, -0.2) is 4.98 Å². The summed E-state index contributed by atoms with van der Waals surface area (Å²) in [6, 6.07) is 18.5. The van der Waals surface area contributed by atoms with E-state index in [1.807, 2.05) is 63.2 Å². The summed E-state index contributed by atoms with van der Waals surface area (Å²) in [4.78, 5) is 33.4. The fourth-order valence-corrected chi connectivity index (χ4v) is 4.47. The first kappa shape index (κ1) is 22.0. The van der Waals surface area contributed by atoms with Gasteiger partial charge in [-0.3, -0.25) is 14.2 Å². The van der Waals surface area contributed by atoms with E-state index in [4.69, 9.17) is 16.6 Å². The Bertz CT molecular complexity index is 1360. The number of carbonyl (C=O) groups excluding carboxylic acids is 1. The zero-order chi connectivity index (χ0) is 22.8. The van der Waals surface area contributed by atoms with Gasteiger partial charge in [0.05, 0.1) is 16.9 Å². The van der Waals surface area contributed by atoms with Crippen molar-refractivity contribution >= 4 is 39.2 Å². The molecule has 0 spiro atoms. The fraction of sp³-hybridized carbons (Fsp3) is 0.269. The highest BCUT2D eigenvalue weighted by atomic mass is 35.5. The van der Waals surface area contributed by atoms with Crippen molar-refractivity contribution in [2.24, 2.45) is 0 Å². The predicted molar refractivity (Wildman–Crippen MR) is 130 cm³/mol. The summed E-state index contributed by atoms with van der Waals surface area (Å²) < 4.78 is 1.67. The summed E-state index contributed by atoms with van der Waals surface area (Å²) in [5.74, 6) is 0.513. The lowest BCUT2D eigenvalue weighted by Gasteiger charge is -2.31. The maximum absolute atomic E-state index is 13.6. The molecule has 0 aliphatic carbocycles. The van der Waals surface area contributed by atoms with Crippen LogP contribution in [0.5, 0.6) is 0 Å². The third-order valence-corrected chi connectivity index (χ3v) is 6.16. The van der Waals surface area contributed by atoms with Gasteiger partial charge in [-0.1, -0.05) is 48.9 Å². The van der Waals surface area contributed by atoms with E-state index < -0.39 is 0 Å². The Hall–Kier alpha value is -3.18. The van der Waals surface area contributed by atoms with E-state index in [9.17, 15) is 9.59 Å². The van der Waals surface area contributed by atoms with Gasteiger partial charge >= 0.3 is 0 Å². The van der Waals surface area contributed by atoms with Crippen molar-refractivity contribution in [3.63, 3.8) is 0 Å². The number of hydrogen-bond acceptors (Lipinski definition) is 3. The standard InChI is InChI=1S/C26H26ClN3O2/c1-4-23(24-28-22-16-20(27)13-14-21(22)26(32)30(24)6-3)29(5-2)25(31)19-12-11-17-9-7-8-10-18(17)15-19/h7-16,23H,4-6H2,1-3H3. The number of fused-ring (bicyclic) bond motifs is 2. The molecule has 0 saturated heterocycles. The summed E-state index contributed by atoms with van der Waals surface area (Å²) in [6.07, 6.45) is 0.631. The van der Waals surface area contributed by atoms with Gasteiger partial charge in [0.15, 0.2) is 0 Å². The third kappa shape index (κ3) is 3.89. The molecule has 0 fully saturated rings. The lowest BCUT2D eigenvalue weighted by atomic mass is 10.0. The molecular formula is C26H26ClN3O2. The van der Waals surface area contributed by atoms with Gasteiger partial charge in [0.1, 0.15) is 5.82 Å². The molecule has 0 radical (unpaired) electrons. The van der Waals surface area contributed by atoms with Gasteiger partial charge in [0.25, 0.3) is 11.5 Å². The van der Waals surface area contributed by atoms with Crippen molar-refractivity contribution in [1.82, 2.24) is 14.5 Å². The lowest BCUT2D eigenvalue weighted by molar-refractivity contribution is 0.0670. The Morgan fingerprint density at radius 1 is 1.03 bits per heavy atom. The maximum atomic E-state index is 13.6. The monoisotopic (exact) mass is 447 g/mol. The number of benzene rings is 3. The van der Waals surface area contributed by atoms with Crippen LogP contribution < -0.4 is 5.56 Å². The Morgan fingerprint density at radius 2 is 1.78 bits per heavy atom. The van der Waals surface area contributed by atoms with Gasteiger partial charge in [-0.2, -0.15) is 0 Å². The average molecular weight is 448 g/mol. The van der Waals surface area contributed by atoms with Crippen LogP contribution in [0.15, 0.2) is 65.5 Å². The van der Waals surface area contributed by atoms with Crippen molar-refractivity contribution in [2.45, 2.75) is 39.8 Å². The zero-order valence-corrected chi connectivity index (χ0v) is 19.3. The number of rotatable bonds is 6. The van der Waals surface area contributed by atoms with E-state index in [1.165, 1.54) is 0 Å². The summed E-state index contributed by atoms with van der Waals surface area (Å²) in [7, 11) is 0. The van der Waals surface area contributed by atoms with E-state index in [2.05, 4.69) is 0 Å². The normalized spacial score (nSPS) is 12.2. The van der Waals surface area contributed by atoms with E-state index in [0.717, 1.165) is 10.8 Å². The highest BCUT2D eigenvalue weighted by molar-refractivity contribution is 6.31. The highest BCUT2D eigenvalue weighted by Gasteiger charge is 2.28. The number of carbonyl (C=O) groups is 1. The van der Waals surface area contributed by atoms with Gasteiger partial charge < -0.3 is 4.90 Å². The van der Waals surface area contributed by atoms with E-state index in [0.29, 0.717) is 46.8 Å². The first-order chi connectivity index (χ1) is 15.5. The topological polar surface area (TPSA) is 55.2 Å². The Kier molecular flexibility index (Phi) is 6.28. The van der Waals surface area contributed by atoms with Gasteiger partial charge in [0, 0.05) is 23.7 Å². The molecule has 0 saturated carbocycles. The quantitative estimate of drug-likeness (QED) is 0.373. The average Bonchev–Trinajstić information content (AvgIpc) is 2.81. The van der Waals surface area contributed by atoms with E-state index in [-0.39, 0.29) is 17.5 Å². The fourth-order valence-electron chi connectivity index (χ4n) is 4.31. The maximum Gasteiger partial charge on any atom is 0.261 e. The minimum atomic E-state index is -0.338. The van der Waals surface area contributed by atoms with E-state index >= 15 is 0 Å². The van der Waals surface area contributed by atoms with Crippen LogP contribution in [0.1, 0.15) is 49.4 Å². The van der Waals surface area contributed by atoms with Gasteiger partial charge in [-0.15, -0.1) is 0 Å². The van der Waals surface area contributed by atoms with Crippen molar-refractivity contribution < 1.29 is 4.79 Å². The van der Waals surface area contributed by atoms with Crippen LogP contribution in [-0.4, -0.2) is 26.9 Å². The third-order valence-electron chi connectivity index (χ3n) is 5.92. The summed E-state index contributed by atoms with van der Waals surface area (Å²) in [5, 5.41) is 3.16. The Balaban J connectivity index is 1.82. The van der Waals surface area contributed by atoms with Crippen LogP contribution in [0, 0.1) is 0 Å². The molecule has 0 bridgehead atoms. The summed E-state index contributed by atoms with van der Waals surface area (Å²) in [5.41, 5.74) is 1.06. The molecule has 0 aliphatic heterocycles.